The zero-order valence-corrected chi connectivity index (χ0v) is 13.3. The molecular formula is C16H26N2O3. The average molecular weight is 294 g/mol. The fraction of sp³-hybridized carbons (Fsp3) is 0.562. The van der Waals surface area contributed by atoms with Gasteiger partial charge in [-0.1, -0.05) is 0 Å². The molecule has 0 aliphatic rings. The molecule has 2 N–H and O–H groups in total. The highest BCUT2D eigenvalue weighted by Crippen LogP contribution is 2.28. The van der Waals surface area contributed by atoms with Crippen LogP contribution in [0.5, 0.6) is 11.5 Å². The second kappa shape index (κ2) is 8.52. The Labute approximate surface area is 126 Å². The number of aromatic hydroxyl groups is 1. The maximum Gasteiger partial charge on any atom is 0.223 e. The number of amides is 1. The third-order valence-electron chi connectivity index (χ3n) is 3.61. The number of nitrogens with zero attached hydrogens (tertiary/aromatic N) is 1. The fourth-order valence-corrected chi connectivity index (χ4v) is 2.25. The number of ether oxygens (including phenoxy) is 1. The molecule has 1 rings (SSSR count). The summed E-state index contributed by atoms with van der Waals surface area (Å²) in [6.07, 6.45) is 0.455. The number of rotatable bonds is 8. The van der Waals surface area contributed by atoms with Crippen LogP contribution in [-0.4, -0.2) is 42.7 Å². The highest BCUT2D eigenvalue weighted by molar-refractivity contribution is 5.76. The lowest BCUT2D eigenvalue weighted by Gasteiger charge is -2.20. The van der Waals surface area contributed by atoms with Crippen LogP contribution in [0.25, 0.3) is 0 Å². The van der Waals surface area contributed by atoms with Crippen molar-refractivity contribution in [2.75, 3.05) is 26.7 Å². The van der Waals surface area contributed by atoms with Gasteiger partial charge in [-0.25, -0.2) is 0 Å². The smallest absolute Gasteiger partial charge is 0.223 e. The van der Waals surface area contributed by atoms with Crippen LogP contribution in [0.2, 0.25) is 0 Å². The van der Waals surface area contributed by atoms with Gasteiger partial charge in [0.1, 0.15) is 11.5 Å². The number of hydrogen-bond acceptors (Lipinski definition) is 4. The van der Waals surface area contributed by atoms with Crippen molar-refractivity contribution in [3.8, 4) is 11.5 Å². The van der Waals surface area contributed by atoms with Gasteiger partial charge in [-0.3, -0.25) is 4.79 Å². The summed E-state index contributed by atoms with van der Waals surface area (Å²) in [7, 11) is 1.59. The first-order valence-electron chi connectivity index (χ1n) is 7.41. The van der Waals surface area contributed by atoms with Crippen LogP contribution in [0.3, 0.4) is 0 Å². The van der Waals surface area contributed by atoms with E-state index >= 15 is 0 Å². The number of carbonyl (C=O) groups excluding carboxylic acids is 1. The van der Waals surface area contributed by atoms with E-state index in [1.54, 1.807) is 25.3 Å². The standard InChI is InChI=1S/C16H26N2O3/c1-5-18(6-2)16(20)9-10-17-12(3)14-11-13(21-4)7-8-15(14)19/h7-8,11-12,17,19H,5-6,9-10H2,1-4H3. The molecule has 21 heavy (non-hydrogen) atoms. The predicted molar refractivity (Wildman–Crippen MR) is 83.6 cm³/mol. The van der Waals surface area contributed by atoms with Gasteiger partial charge in [-0.15, -0.1) is 0 Å². The number of phenols is 1. The molecule has 118 valence electrons. The second-order valence-electron chi connectivity index (χ2n) is 4.92. The number of methoxy groups -OCH3 is 1. The van der Waals surface area contributed by atoms with Crippen LogP contribution < -0.4 is 10.1 Å². The van der Waals surface area contributed by atoms with E-state index in [2.05, 4.69) is 5.32 Å². The Morgan fingerprint density at radius 1 is 1.38 bits per heavy atom. The van der Waals surface area contributed by atoms with Crippen LogP contribution in [0.4, 0.5) is 0 Å². The Morgan fingerprint density at radius 3 is 2.62 bits per heavy atom. The summed E-state index contributed by atoms with van der Waals surface area (Å²) in [6.45, 7) is 7.96. The SMILES string of the molecule is CCN(CC)C(=O)CCNC(C)c1cc(OC)ccc1O. The molecule has 0 aromatic heterocycles. The van der Waals surface area contributed by atoms with E-state index in [1.165, 1.54) is 0 Å². The van der Waals surface area contributed by atoms with Crippen molar-refractivity contribution < 1.29 is 14.6 Å². The summed E-state index contributed by atoms with van der Waals surface area (Å²) < 4.78 is 5.16. The first kappa shape index (κ1) is 17.3. The number of benzene rings is 1. The quantitative estimate of drug-likeness (QED) is 0.772. The fourth-order valence-electron chi connectivity index (χ4n) is 2.25. The molecule has 1 aromatic carbocycles. The van der Waals surface area contributed by atoms with Crippen LogP contribution in [0.15, 0.2) is 18.2 Å². The molecule has 1 aromatic rings. The zero-order valence-electron chi connectivity index (χ0n) is 13.3. The van der Waals surface area contributed by atoms with Gasteiger partial charge in [-0.05, 0) is 39.0 Å². The summed E-state index contributed by atoms with van der Waals surface area (Å²) >= 11 is 0. The minimum absolute atomic E-state index is 0.0513. The van der Waals surface area contributed by atoms with E-state index in [-0.39, 0.29) is 17.7 Å². The Bertz CT molecular complexity index is 459. The number of hydrogen-bond donors (Lipinski definition) is 2. The van der Waals surface area contributed by atoms with Gasteiger partial charge in [0.05, 0.1) is 7.11 Å². The summed E-state index contributed by atoms with van der Waals surface area (Å²) in [5.41, 5.74) is 0.768. The van der Waals surface area contributed by atoms with Gasteiger partial charge in [-0.2, -0.15) is 0 Å². The molecular weight excluding hydrogens is 268 g/mol. The van der Waals surface area contributed by atoms with Crippen molar-refractivity contribution in [2.24, 2.45) is 0 Å². The molecule has 5 heteroatoms. The molecule has 0 aliphatic heterocycles. The van der Waals surface area contributed by atoms with Crippen molar-refractivity contribution in [2.45, 2.75) is 33.2 Å². The minimum atomic E-state index is -0.0513. The van der Waals surface area contributed by atoms with Gasteiger partial charge >= 0.3 is 0 Å². The first-order valence-corrected chi connectivity index (χ1v) is 7.41. The Hall–Kier alpha value is -1.75. The maximum atomic E-state index is 11.9. The number of nitrogens with one attached hydrogen (secondary N) is 1. The third kappa shape index (κ3) is 4.93. The second-order valence-corrected chi connectivity index (χ2v) is 4.92. The van der Waals surface area contributed by atoms with Crippen molar-refractivity contribution in [3.05, 3.63) is 23.8 Å². The minimum Gasteiger partial charge on any atom is -0.508 e. The molecule has 0 saturated carbocycles. The van der Waals surface area contributed by atoms with Gasteiger partial charge in [0.15, 0.2) is 0 Å². The molecule has 0 radical (unpaired) electrons. The third-order valence-corrected chi connectivity index (χ3v) is 3.61. The van der Waals surface area contributed by atoms with Gasteiger partial charge < -0.3 is 20.1 Å². The van der Waals surface area contributed by atoms with Crippen LogP contribution >= 0.6 is 0 Å². The topological polar surface area (TPSA) is 61.8 Å². The monoisotopic (exact) mass is 294 g/mol. The lowest BCUT2D eigenvalue weighted by atomic mass is 10.1. The number of phenolic OH excluding ortho intramolecular Hbond substituents is 1. The molecule has 0 spiro atoms. The largest absolute Gasteiger partial charge is 0.508 e. The van der Waals surface area contributed by atoms with E-state index in [0.29, 0.717) is 18.7 Å². The first-order chi connectivity index (χ1) is 10.0. The molecule has 0 saturated heterocycles. The summed E-state index contributed by atoms with van der Waals surface area (Å²) in [5.74, 6) is 1.08. The molecule has 1 unspecified atom stereocenters. The molecule has 0 fully saturated rings. The molecule has 5 nitrogen and oxygen atoms in total. The predicted octanol–water partition coefficient (Wildman–Crippen LogP) is 2.31. The summed E-state index contributed by atoms with van der Waals surface area (Å²) in [5, 5.41) is 13.2. The summed E-state index contributed by atoms with van der Waals surface area (Å²) in [6, 6.07) is 5.09. The average Bonchev–Trinajstić information content (AvgIpc) is 2.48. The molecule has 0 bridgehead atoms. The molecule has 0 aliphatic carbocycles. The molecule has 0 heterocycles. The van der Waals surface area contributed by atoms with E-state index in [0.717, 1.165) is 18.7 Å². The van der Waals surface area contributed by atoms with E-state index in [4.69, 9.17) is 4.74 Å². The van der Waals surface area contributed by atoms with Crippen molar-refractivity contribution in [1.29, 1.82) is 0 Å². The molecule has 1 atom stereocenters. The lowest BCUT2D eigenvalue weighted by Crippen LogP contribution is -2.33. The van der Waals surface area contributed by atoms with Crippen molar-refractivity contribution in [1.82, 2.24) is 10.2 Å². The Kier molecular flexibility index (Phi) is 7.02. The van der Waals surface area contributed by atoms with Gasteiger partial charge in [0.25, 0.3) is 0 Å². The Morgan fingerprint density at radius 2 is 2.05 bits per heavy atom. The van der Waals surface area contributed by atoms with Gasteiger partial charge in [0, 0.05) is 37.7 Å². The lowest BCUT2D eigenvalue weighted by molar-refractivity contribution is -0.130. The maximum absolute atomic E-state index is 11.9. The Balaban J connectivity index is 2.54. The number of carbonyl (C=O) groups is 1. The van der Waals surface area contributed by atoms with Crippen molar-refractivity contribution in [3.63, 3.8) is 0 Å². The van der Waals surface area contributed by atoms with Gasteiger partial charge in [0.2, 0.25) is 5.91 Å². The highest BCUT2D eigenvalue weighted by Gasteiger charge is 2.13. The normalized spacial score (nSPS) is 12.0. The zero-order chi connectivity index (χ0) is 15.8. The van der Waals surface area contributed by atoms with Crippen molar-refractivity contribution >= 4 is 5.91 Å². The van der Waals surface area contributed by atoms with E-state index in [9.17, 15) is 9.90 Å². The summed E-state index contributed by atoms with van der Waals surface area (Å²) in [4.78, 5) is 13.7. The molecule has 1 amide bonds. The van der Waals surface area contributed by atoms with E-state index < -0.39 is 0 Å². The highest BCUT2D eigenvalue weighted by atomic mass is 16.5. The van der Waals surface area contributed by atoms with E-state index in [1.807, 2.05) is 25.7 Å². The van der Waals surface area contributed by atoms with Crippen LogP contribution in [0, 0.1) is 0 Å². The van der Waals surface area contributed by atoms with Crippen LogP contribution in [-0.2, 0) is 4.79 Å². The van der Waals surface area contributed by atoms with Crippen LogP contribution in [0.1, 0.15) is 38.8 Å².